The summed E-state index contributed by atoms with van der Waals surface area (Å²) in [5, 5.41) is 4.27. The van der Waals surface area contributed by atoms with Gasteiger partial charge in [0, 0.05) is 6.04 Å². The maximum Gasteiger partial charge on any atom is 0.0303 e. The van der Waals surface area contributed by atoms with Crippen molar-refractivity contribution in [2.75, 3.05) is 0 Å². The molecule has 2 N–H and O–H groups in total. The molecule has 1 aromatic heterocycles. The number of rotatable bonds is 7. The Labute approximate surface area is 91.3 Å². The number of unbranched alkanes of at least 4 members (excludes halogenated alkanes) is 4. The Hall–Kier alpha value is -0.340. The largest absolute Gasteiger partial charge is 0.324 e. The maximum atomic E-state index is 6.06. The van der Waals surface area contributed by atoms with Crippen LogP contribution < -0.4 is 5.73 Å². The van der Waals surface area contributed by atoms with Crippen LogP contribution in [0.5, 0.6) is 0 Å². The third-order valence-corrected chi connectivity index (χ3v) is 3.29. The summed E-state index contributed by atoms with van der Waals surface area (Å²) >= 11 is 1.74. The minimum Gasteiger partial charge on any atom is -0.324 e. The molecule has 1 aromatic rings. The quantitative estimate of drug-likeness (QED) is 0.675. The van der Waals surface area contributed by atoms with E-state index in [4.69, 9.17) is 5.73 Å². The lowest BCUT2D eigenvalue weighted by atomic mass is 10.0. The third-order valence-electron chi connectivity index (χ3n) is 2.59. The SMILES string of the molecule is CCCCCCC[C@@H](N)c1ccsc1. The number of nitrogens with two attached hydrogens (primary N) is 1. The van der Waals surface area contributed by atoms with Crippen LogP contribution in [0.25, 0.3) is 0 Å². The van der Waals surface area contributed by atoms with E-state index >= 15 is 0 Å². The smallest absolute Gasteiger partial charge is 0.0303 e. The highest BCUT2D eigenvalue weighted by Gasteiger charge is 2.04. The first-order valence-corrected chi connectivity index (χ1v) is 6.56. The van der Waals surface area contributed by atoms with Crippen molar-refractivity contribution in [3.05, 3.63) is 22.4 Å². The Kier molecular flexibility index (Phi) is 5.88. The highest BCUT2D eigenvalue weighted by molar-refractivity contribution is 7.07. The Morgan fingerprint density at radius 2 is 2.07 bits per heavy atom. The summed E-state index contributed by atoms with van der Waals surface area (Å²) in [4.78, 5) is 0. The first-order valence-electron chi connectivity index (χ1n) is 5.62. The zero-order valence-electron chi connectivity index (χ0n) is 9.04. The molecule has 0 aliphatic rings. The second-order valence-electron chi connectivity index (χ2n) is 3.87. The molecule has 0 radical (unpaired) electrons. The number of hydrogen-bond acceptors (Lipinski definition) is 2. The second kappa shape index (κ2) is 7.02. The first kappa shape index (κ1) is 11.7. The molecular formula is C12H21NS. The van der Waals surface area contributed by atoms with Gasteiger partial charge in [0.2, 0.25) is 0 Å². The molecule has 1 nitrogen and oxygen atoms in total. The van der Waals surface area contributed by atoms with Crippen molar-refractivity contribution in [1.82, 2.24) is 0 Å². The molecule has 0 aromatic carbocycles. The molecule has 2 heteroatoms. The number of hydrogen-bond donors (Lipinski definition) is 1. The molecule has 0 saturated heterocycles. The Balaban J connectivity index is 2.07. The molecule has 0 unspecified atom stereocenters. The van der Waals surface area contributed by atoms with E-state index in [2.05, 4.69) is 23.8 Å². The van der Waals surface area contributed by atoms with Gasteiger partial charge in [-0.05, 0) is 28.8 Å². The van der Waals surface area contributed by atoms with Crippen LogP contribution in [0.3, 0.4) is 0 Å². The van der Waals surface area contributed by atoms with Gasteiger partial charge in [0.05, 0.1) is 0 Å². The zero-order chi connectivity index (χ0) is 10.2. The lowest BCUT2D eigenvalue weighted by molar-refractivity contribution is 0.556. The Bertz CT molecular complexity index is 218. The van der Waals surface area contributed by atoms with Crippen LogP contribution in [0.15, 0.2) is 16.8 Å². The Morgan fingerprint density at radius 1 is 1.29 bits per heavy atom. The van der Waals surface area contributed by atoms with Crippen molar-refractivity contribution in [1.29, 1.82) is 0 Å². The summed E-state index contributed by atoms with van der Waals surface area (Å²) in [5.41, 5.74) is 7.37. The van der Waals surface area contributed by atoms with Gasteiger partial charge in [0.1, 0.15) is 0 Å². The lowest BCUT2D eigenvalue weighted by Gasteiger charge is -2.09. The molecule has 80 valence electrons. The minimum atomic E-state index is 0.267. The van der Waals surface area contributed by atoms with Crippen LogP contribution in [0.1, 0.15) is 57.1 Å². The first-order chi connectivity index (χ1) is 6.84. The summed E-state index contributed by atoms with van der Waals surface area (Å²) in [6.07, 6.45) is 7.81. The van der Waals surface area contributed by atoms with Crippen molar-refractivity contribution in [3.63, 3.8) is 0 Å². The molecule has 14 heavy (non-hydrogen) atoms. The fourth-order valence-corrected chi connectivity index (χ4v) is 2.35. The predicted octanol–water partition coefficient (Wildman–Crippen LogP) is 4.11. The lowest BCUT2D eigenvalue weighted by Crippen LogP contribution is -2.08. The fourth-order valence-electron chi connectivity index (χ4n) is 1.62. The van der Waals surface area contributed by atoms with Gasteiger partial charge in [0.25, 0.3) is 0 Å². The van der Waals surface area contributed by atoms with Crippen molar-refractivity contribution < 1.29 is 0 Å². The molecule has 1 heterocycles. The van der Waals surface area contributed by atoms with E-state index in [9.17, 15) is 0 Å². The van der Waals surface area contributed by atoms with E-state index in [0.717, 1.165) is 6.42 Å². The van der Waals surface area contributed by atoms with Gasteiger partial charge in [-0.3, -0.25) is 0 Å². The second-order valence-corrected chi connectivity index (χ2v) is 4.65. The minimum absolute atomic E-state index is 0.267. The van der Waals surface area contributed by atoms with Gasteiger partial charge >= 0.3 is 0 Å². The van der Waals surface area contributed by atoms with Gasteiger partial charge < -0.3 is 5.73 Å². The Morgan fingerprint density at radius 3 is 2.71 bits per heavy atom. The summed E-state index contributed by atoms with van der Waals surface area (Å²) in [6.45, 7) is 2.25. The van der Waals surface area contributed by atoms with Crippen molar-refractivity contribution in [2.24, 2.45) is 5.73 Å². The highest BCUT2D eigenvalue weighted by Crippen LogP contribution is 2.19. The van der Waals surface area contributed by atoms with E-state index in [1.54, 1.807) is 11.3 Å². The normalized spacial score (nSPS) is 13.0. The van der Waals surface area contributed by atoms with Crippen LogP contribution in [0.2, 0.25) is 0 Å². The van der Waals surface area contributed by atoms with E-state index in [1.807, 2.05) is 0 Å². The van der Waals surface area contributed by atoms with E-state index in [-0.39, 0.29) is 6.04 Å². The molecule has 0 amide bonds. The topological polar surface area (TPSA) is 26.0 Å². The maximum absolute atomic E-state index is 6.06. The van der Waals surface area contributed by atoms with Gasteiger partial charge in [0.15, 0.2) is 0 Å². The average molecular weight is 211 g/mol. The summed E-state index contributed by atoms with van der Waals surface area (Å²) in [7, 11) is 0. The molecule has 0 fully saturated rings. The molecule has 0 aliphatic heterocycles. The fraction of sp³-hybridized carbons (Fsp3) is 0.667. The van der Waals surface area contributed by atoms with Crippen LogP contribution in [0.4, 0.5) is 0 Å². The molecule has 0 saturated carbocycles. The molecule has 1 atom stereocenters. The summed E-state index contributed by atoms with van der Waals surface area (Å²) in [6, 6.07) is 2.41. The van der Waals surface area contributed by atoms with Gasteiger partial charge in [-0.25, -0.2) is 0 Å². The summed E-state index contributed by atoms with van der Waals surface area (Å²) < 4.78 is 0. The highest BCUT2D eigenvalue weighted by atomic mass is 32.1. The van der Waals surface area contributed by atoms with Crippen molar-refractivity contribution >= 4 is 11.3 Å². The van der Waals surface area contributed by atoms with E-state index in [0.29, 0.717) is 0 Å². The number of thiophene rings is 1. The molecular weight excluding hydrogens is 190 g/mol. The van der Waals surface area contributed by atoms with Crippen LogP contribution in [0, 0.1) is 0 Å². The molecule has 0 bridgehead atoms. The van der Waals surface area contributed by atoms with E-state index < -0.39 is 0 Å². The monoisotopic (exact) mass is 211 g/mol. The zero-order valence-corrected chi connectivity index (χ0v) is 9.85. The average Bonchev–Trinajstić information content (AvgIpc) is 2.70. The molecule has 0 aliphatic carbocycles. The molecule has 0 spiro atoms. The predicted molar refractivity (Wildman–Crippen MR) is 64.6 cm³/mol. The third kappa shape index (κ3) is 4.25. The van der Waals surface area contributed by atoms with Crippen molar-refractivity contribution in [2.45, 2.75) is 51.5 Å². The standard InChI is InChI=1S/C12H21NS/c1-2-3-4-5-6-7-12(13)11-8-9-14-10-11/h8-10,12H,2-7,13H2,1H3/t12-/m1/s1. The van der Waals surface area contributed by atoms with E-state index in [1.165, 1.54) is 37.7 Å². The molecule has 1 rings (SSSR count). The summed E-state index contributed by atoms with van der Waals surface area (Å²) in [5.74, 6) is 0. The van der Waals surface area contributed by atoms with Gasteiger partial charge in [-0.2, -0.15) is 11.3 Å². The van der Waals surface area contributed by atoms with Crippen LogP contribution in [-0.4, -0.2) is 0 Å². The van der Waals surface area contributed by atoms with Crippen LogP contribution >= 0.6 is 11.3 Å². The van der Waals surface area contributed by atoms with Gasteiger partial charge in [-0.1, -0.05) is 39.0 Å². The van der Waals surface area contributed by atoms with Crippen molar-refractivity contribution in [3.8, 4) is 0 Å². The van der Waals surface area contributed by atoms with Gasteiger partial charge in [-0.15, -0.1) is 0 Å². The van der Waals surface area contributed by atoms with Crippen LogP contribution in [-0.2, 0) is 0 Å².